The third-order valence-electron chi connectivity index (χ3n) is 9.62. The maximum atomic E-state index is 15.8. The average Bonchev–Trinajstić information content (AvgIpc) is 3.68. The van der Waals surface area contributed by atoms with Crippen LogP contribution < -0.4 is 19.9 Å². The number of sulfonamides is 1. The predicted molar refractivity (Wildman–Crippen MR) is 228 cm³/mol. The molecule has 0 fully saturated rings. The summed E-state index contributed by atoms with van der Waals surface area (Å²) in [6.07, 6.45) is 0. The second kappa shape index (κ2) is 17.5. The summed E-state index contributed by atoms with van der Waals surface area (Å²) in [7, 11) is -6.20. The highest BCUT2D eigenvalue weighted by Gasteiger charge is 2.38. The number of ether oxygens (including phenoxy) is 3. The Kier molecular flexibility index (Phi) is 12.7. The van der Waals surface area contributed by atoms with Crippen molar-refractivity contribution < 1.29 is 31.0 Å². The Morgan fingerprint density at radius 1 is 0.672 bits per heavy atom. The fourth-order valence-electron chi connectivity index (χ4n) is 6.33. The molecule has 0 saturated carbocycles. The number of tetrazole rings is 1. The van der Waals surface area contributed by atoms with Crippen LogP contribution in [0.5, 0.6) is 17.2 Å². The van der Waals surface area contributed by atoms with E-state index in [-0.39, 0.29) is 41.7 Å². The Morgan fingerprint density at radius 2 is 1.19 bits per heavy atom. The lowest BCUT2D eigenvalue weighted by atomic mass is 9.97. The van der Waals surface area contributed by atoms with Crippen molar-refractivity contribution in [3.8, 4) is 39.8 Å². The highest BCUT2D eigenvalue weighted by Crippen LogP contribution is 2.43. The van der Waals surface area contributed by atoms with Gasteiger partial charge in [0.1, 0.15) is 22.1 Å². The molecule has 5 aromatic carbocycles. The molecule has 0 radical (unpaired) electrons. The van der Waals surface area contributed by atoms with Crippen LogP contribution in [-0.2, 0) is 39.5 Å². The van der Waals surface area contributed by atoms with E-state index in [2.05, 4.69) is 30.0 Å². The van der Waals surface area contributed by atoms with E-state index >= 15 is 8.42 Å². The van der Waals surface area contributed by atoms with E-state index in [0.717, 1.165) is 5.56 Å². The van der Waals surface area contributed by atoms with Crippen molar-refractivity contribution in [2.75, 3.05) is 32.8 Å². The molecule has 16 heteroatoms. The zero-order valence-corrected chi connectivity index (χ0v) is 36.0. The number of aromatic nitrogens is 4. The van der Waals surface area contributed by atoms with Gasteiger partial charge in [0.25, 0.3) is 0 Å². The summed E-state index contributed by atoms with van der Waals surface area (Å²) < 4.78 is 78.1. The van der Waals surface area contributed by atoms with Crippen LogP contribution in [0.2, 0.25) is 25.7 Å². The summed E-state index contributed by atoms with van der Waals surface area (Å²) in [5.41, 5.74) is 9.81. The molecule has 6 aromatic rings. The van der Waals surface area contributed by atoms with E-state index in [1.165, 1.54) is 15.2 Å². The highest BCUT2D eigenvalue weighted by molar-refractivity contribution is 7.93. The molecule has 0 spiro atoms. The van der Waals surface area contributed by atoms with Crippen molar-refractivity contribution in [2.24, 2.45) is 0 Å². The minimum absolute atomic E-state index is 0.0255. The first-order valence-corrected chi connectivity index (χ1v) is 25.3. The summed E-state index contributed by atoms with van der Waals surface area (Å²) >= 11 is 0. The van der Waals surface area contributed by atoms with Gasteiger partial charge in [-0.15, -0.1) is 10.2 Å². The molecule has 0 bridgehead atoms. The van der Waals surface area contributed by atoms with E-state index in [1.807, 2.05) is 24.3 Å². The molecule has 0 atom stereocenters. The minimum atomic E-state index is -4.74. The maximum absolute atomic E-state index is 15.8. The summed E-state index contributed by atoms with van der Waals surface area (Å²) in [4.78, 5) is 0.541. The van der Waals surface area contributed by atoms with E-state index in [0.29, 0.717) is 51.2 Å². The van der Waals surface area contributed by atoms with Gasteiger partial charge in [-0.1, -0.05) is 80.3 Å². The second-order valence-corrected chi connectivity index (χ2v) is 24.6. The number of methoxy groups -OCH3 is 3. The standard InChI is InChI=1S/C42H48N6O7S2Si/c1-53-33-17-11-30(12-18-33)27-47(28-31-13-19-34(54-2)20-14-31)57(51,52)41-39(56(49,50)25-26-58(4,5)6)24-23-37(36-9-7-8-10-38(36)43)40(41)42-44-46-48(45-42)29-32-15-21-35(55-3)22-16-32/h7-24H,25-29,43H2,1-6H3. The van der Waals surface area contributed by atoms with Gasteiger partial charge >= 0.3 is 0 Å². The molecule has 6 rings (SSSR count). The molecule has 58 heavy (non-hydrogen) atoms. The summed E-state index contributed by atoms with van der Waals surface area (Å²) in [5, 5.41) is 13.4. The molecule has 1 aromatic heterocycles. The topological polar surface area (TPSA) is 169 Å². The van der Waals surface area contributed by atoms with Crippen LogP contribution in [0.4, 0.5) is 5.69 Å². The van der Waals surface area contributed by atoms with Gasteiger partial charge in [-0.25, -0.2) is 16.8 Å². The molecular weight excluding hydrogens is 793 g/mol. The lowest BCUT2D eigenvalue weighted by Crippen LogP contribution is -2.32. The Hall–Kier alpha value is -5.55. The van der Waals surface area contributed by atoms with Crippen LogP contribution in [0, 0.1) is 0 Å². The van der Waals surface area contributed by atoms with Gasteiger partial charge in [0.15, 0.2) is 9.84 Å². The zero-order valence-electron chi connectivity index (χ0n) is 33.4. The van der Waals surface area contributed by atoms with Crippen molar-refractivity contribution in [1.29, 1.82) is 0 Å². The number of benzene rings is 5. The Balaban J connectivity index is 1.62. The normalized spacial score (nSPS) is 12.1. The van der Waals surface area contributed by atoms with Gasteiger partial charge in [0.05, 0.1) is 44.1 Å². The van der Waals surface area contributed by atoms with Crippen molar-refractivity contribution in [3.63, 3.8) is 0 Å². The molecule has 304 valence electrons. The first-order valence-electron chi connectivity index (χ1n) is 18.5. The Morgan fingerprint density at radius 3 is 1.69 bits per heavy atom. The average molecular weight is 841 g/mol. The molecule has 1 heterocycles. The molecule has 0 aliphatic rings. The zero-order chi connectivity index (χ0) is 41.7. The van der Waals surface area contributed by atoms with Crippen LogP contribution in [0.3, 0.4) is 0 Å². The van der Waals surface area contributed by atoms with E-state index in [9.17, 15) is 8.42 Å². The number of anilines is 1. The lowest BCUT2D eigenvalue weighted by Gasteiger charge is -2.26. The largest absolute Gasteiger partial charge is 0.497 e. The monoisotopic (exact) mass is 840 g/mol. The molecule has 0 amide bonds. The fourth-order valence-corrected chi connectivity index (χ4v) is 13.1. The summed E-state index contributed by atoms with van der Waals surface area (Å²) in [6, 6.07) is 31.8. The molecule has 0 unspecified atom stereocenters. The third kappa shape index (κ3) is 9.75. The minimum Gasteiger partial charge on any atom is -0.497 e. The quantitative estimate of drug-likeness (QED) is 0.0731. The van der Waals surface area contributed by atoms with Crippen LogP contribution in [0.1, 0.15) is 16.7 Å². The van der Waals surface area contributed by atoms with Crippen LogP contribution in [0.25, 0.3) is 22.5 Å². The van der Waals surface area contributed by atoms with E-state index < -0.39 is 32.8 Å². The van der Waals surface area contributed by atoms with Crippen LogP contribution in [0.15, 0.2) is 119 Å². The molecule has 2 N–H and O–H groups in total. The van der Waals surface area contributed by atoms with Crippen LogP contribution >= 0.6 is 0 Å². The van der Waals surface area contributed by atoms with Gasteiger partial charge in [-0.3, -0.25) is 0 Å². The van der Waals surface area contributed by atoms with Crippen molar-refractivity contribution >= 4 is 33.6 Å². The summed E-state index contributed by atoms with van der Waals surface area (Å²) in [6.45, 7) is 6.19. The number of nitrogen functional groups attached to an aromatic ring is 1. The Labute approximate surface area is 341 Å². The second-order valence-electron chi connectivity index (χ2n) is 15.0. The smallest absolute Gasteiger partial charge is 0.245 e. The predicted octanol–water partition coefficient (Wildman–Crippen LogP) is 7.17. The number of para-hydroxylation sites is 1. The number of hydrogen-bond acceptors (Lipinski definition) is 11. The van der Waals surface area contributed by atoms with Gasteiger partial charge in [0.2, 0.25) is 15.8 Å². The number of nitrogens with zero attached hydrogens (tertiary/aromatic N) is 5. The number of nitrogens with two attached hydrogens (primary N) is 1. The highest BCUT2D eigenvalue weighted by atomic mass is 32.2. The van der Waals surface area contributed by atoms with Crippen molar-refractivity contribution in [2.45, 2.75) is 55.1 Å². The van der Waals surface area contributed by atoms with Gasteiger partial charge in [-0.2, -0.15) is 9.10 Å². The Bertz CT molecular complexity index is 2530. The molecule has 0 aliphatic heterocycles. The van der Waals surface area contributed by atoms with E-state index in [1.54, 1.807) is 100 Å². The summed E-state index contributed by atoms with van der Waals surface area (Å²) in [5.74, 6) is 1.55. The number of hydrogen-bond donors (Lipinski definition) is 1. The molecule has 13 nitrogen and oxygen atoms in total. The van der Waals surface area contributed by atoms with Crippen LogP contribution in [-0.4, -0.2) is 76.5 Å². The first-order chi connectivity index (χ1) is 27.6. The van der Waals surface area contributed by atoms with Gasteiger partial charge in [0, 0.05) is 32.4 Å². The van der Waals surface area contributed by atoms with Crippen molar-refractivity contribution in [3.05, 3.63) is 126 Å². The SMILES string of the molecule is COc1ccc(CN(Cc2ccc(OC)cc2)S(=O)(=O)c2c(S(=O)(=O)CC[Si](C)(C)C)ccc(-c3ccccc3N)c2-c2nnn(Cc3ccc(OC)cc3)n2)cc1. The molecular formula is C42H48N6O7S2Si. The lowest BCUT2D eigenvalue weighted by molar-refractivity contribution is 0.396. The number of rotatable bonds is 17. The van der Waals surface area contributed by atoms with E-state index in [4.69, 9.17) is 25.0 Å². The van der Waals surface area contributed by atoms with Crippen molar-refractivity contribution in [1.82, 2.24) is 24.5 Å². The maximum Gasteiger partial charge on any atom is 0.245 e. The first kappa shape index (κ1) is 42.1. The number of sulfone groups is 1. The fraction of sp³-hybridized carbons (Fsp3) is 0.262. The molecule has 0 aliphatic carbocycles. The third-order valence-corrected chi connectivity index (χ3v) is 15.5. The molecule has 0 saturated heterocycles. The van der Waals surface area contributed by atoms with Gasteiger partial charge < -0.3 is 19.9 Å². The van der Waals surface area contributed by atoms with Gasteiger partial charge in [-0.05, 0) is 82.0 Å².